The van der Waals surface area contributed by atoms with Crippen molar-refractivity contribution >= 4 is 0 Å². The van der Waals surface area contributed by atoms with Gasteiger partial charge in [-0.3, -0.25) is 0 Å². The molecule has 0 aliphatic rings. The Morgan fingerprint density at radius 2 is 1.00 bits per heavy atom. The van der Waals surface area contributed by atoms with E-state index >= 15 is 0 Å². The zero-order valence-electron chi connectivity index (χ0n) is 3.93. The summed E-state index contributed by atoms with van der Waals surface area (Å²) in [5.41, 5.74) is 0. The topological polar surface area (TPSA) is 95.1 Å². The molecule has 0 aliphatic carbocycles. The molecule has 0 atom stereocenters. The average molecular weight is 170 g/mol. The fourth-order valence-electron chi connectivity index (χ4n) is 0. The molecule has 0 saturated carbocycles. The third-order valence-corrected chi connectivity index (χ3v) is 0. The van der Waals surface area contributed by atoms with Gasteiger partial charge in [-0.15, -0.1) is 0 Å². The Morgan fingerprint density at radius 3 is 1.00 bits per heavy atom. The van der Waals surface area contributed by atoms with Crippen molar-refractivity contribution in [3.05, 3.63) is 25.2 Å². The molecule has 9 heavy (non-hydrogen) atoms. The van der Waals surface area contributed by atoms with Crippen LogP contribution in [-0.4, -0.2) is 0 Å². The van der Waals surface area contributed by atoms with Gasteiger partial charge >= 0.3 is 59.1 Å². The van der Waals surface area contributed by atoms with E-state index in [0.29, 0.717) is 0 Å². The van der Waals surface area contributed by atoms with Crippen LogP contribution in [0.25, 0.3) is 0 Å². The van der Waals surface area contributed by atoms with Gasteiger partial charge < -0.3 is 0 Å². The Balaban J connectivity index is -0.0000000190. The van der Waals surface area contributed by atoms with E-state index in [1.807, 2.05) is 4.13 Å². The second kappa shape index (κ2) is 1270. The fraction of sp³-hybridized carbons (Fsp3) is 0. The molecule has 0 bridgehead atoms. The van der Waals surface area contributed by atoms with Crippen LogP contribution in [0.4, 0.5) is 0 Å². The summed E-state index contributed by atoms with van der Waals surface area (Å²) in [5.74, 6) is 0. The Kier molecular flexibility index (Phi) is 3330. The molecule has 0 unspecified atom stereocenters. The summed E-state index contributed by atoms with van der Waals surface area (Å²) >= 11 is 2.56. The van der Waals surface area contributed by atoms with E-state index in [0.717, 1.165) is 0 Å². The van der Waals surface area contributed by atoms with E-state index in [2.05, 4.69) is 35.8 Å². The number of hydrogen-bond donors (Lipinski definition) is 0. The second-order valence-electron chi connectivity index (χ2n) is 0.0645. The van der Waals surface area contributed by atoms with Crippen molar-refractivity contribution in [1.29, 1.82) is 0 Å². The SMILES string of the molecule is [C-]#[O+].[C-]#[O+].[C-]#[O+].[O-][N]=[Fe+]. The normalized spacial score (nSPS) is 2.11. The van der Waals surface area contributed by atoms with Crippen molar-refractivity contribution in [3.8, 4) is 0 Å². The minimum atomic E-state index is 2.00. The van der Waals surface area contributed by atoms with Gasteiger partial charge in [0.2, 0.25) is 0 Å². The summed E-state index contributed by atoms with van der Waals surface area (Å²) in [6, 6.07) is 0. The number of hydrogen-bond acceptors (Lipinski definition) is 2. The van der Waals surface area contributed by atoms with Crippen LogP contribution in [0.15, 0.2) is 4.13 Å². The molecule has 0 saturated heterocycles. The van der Waals surface area contributed by atoms with Crippen molar-refractivity contribution < 1.29 is 29.8 Å². The van der Waals surface area contributed by atoms with Gasteiger partial charge in [-0.25, -0.2) is 0 Å². The zero-order valence-corrected chi connectivity index (χ0v) is 5.04. The molecule has 0 amide bonds. The monoisotopic (exact) mass is 170 g/mol. The van der Waals surface area contributed by atoms with E-state index in [1.165, 1.54) is 0 Å². The van der Waals surface area contributed by atoms with E-state index in [1.54, 1.807) is 0 Å². The molecule has 0 aromatic heterocycles. The van der Waals surface area contributed by atoms with Crippen molar-refractivity contribution in [2.45, 2.75) is 0 Å². The molecule has 0 aromatic carbocycles. The van der Waals surface area contributed by atoms with Crippen LogP contribution in [0.3, 0.4) is 0 Å². The van der Waals surface area contributed by atoms with Gasteiger partial charge in [-0.05, 0) is 0 Å². The van der Waals surface area contributed by atoms with Gasteiger partial charge in [-0.2, -0.15) is 0 Å². The first-order chi connectivity index (χ1) is 4.41. The summed E-state index contributed by atoms with van der Waals surface area (Å²) in [5, 5.41) is 8.44. The third kappa shape index (κ3) is 905. The number of nitrogens with zero attached hydrogens (tertiary/aromatic N) is 1. The summed E-state index contributed by atoms with van der Waals surface area (Å²) < 4.78 is 24.5. The molecule has 0 aromatic rings. The molecule has 5 nitrogen and oxygen atoms in total. The van der Waals surface area contributed by atoms with Crippen LogP contribution in [-0.2, 0) is 29.8 Å². The first kappa shape index (κ1) is 23.6. The molecule has 6 heteroatoms. The molecule has 0 spiro atoms. The standard InChI is InChI=1S/3CO.Fe.NO/c3*1-2;;1-2/q;;;+1;-1. The van der Waals surface area contributed by atoms with Crippen LogP contribution < -0.4 is 0 Å². The van der Waals surface area contributed by atoms with E-state index in [9.17, 15) is 0 Å². The fourth-order valence-corrected chi connectivity index (χ4v) is 0. The molecule has 0 fully saturated rings. The number of rotatable bonds is 0. The Morgan fingerprint density at radius 1 is 1.00 bits per heavy atom. The van der Waals surface area contributed by atoms with E-state index < -0.39 is 0 Å². The second-order valence-corrected chi connectivity index (χ2v) is 0.266. The van der Waals surface area contributed by atoms with Gasteiger partial charge in [-0.1, -0.05) is 0 Å². The third-order valence-electron chi connectivity index (χ3n) is 0. The maximum atomic E-state index is 8.44. The van der Waals surface area contributed by atoms with Crippen LogP contribution in [0.2, 0.25) is 0 Å². The van der Waals surface area contributed by atoms with Crippen LogP contribution in [0.5, 0.6) is 0 Å². The first-order valence-corrected chi connectivity index (χ1v) is 1.45. The van der Waals surface area contributed by atoms with Gasteiger partial charge in [0.25, 0.3) is 0 Å². The molecule has 0 heterocycles. The Hall–Kier alpha value is -0.501. The van der Waals surface area contributed by atoms with Gasteiger partial charge in [0.05, 0.1) is 0 Å². The molecular weight excluding hydrogens is 170 g/mol. The van der Waals surface area contributed by atoms with Crippen molar-refractivity contribution in [1.82, 2.24) is 0 Å². The van der Waals surface area contributed by atoms with Crippen LogP contribution in [0.1, 0.15) is 0 Å². The first-order valence-electron chi connectivity index (χ1n) is 0.953. The summed E-state index contributed by atoms with van der Waals surface area (Å²) in [6.45, 7) is 13.5. The Labute approximate surface area is 59.8 Å². The zero-order chi connectivity index (χ0) is 8.71. The van der Waals surface area contributed by atoms with Gasteiger partial charge in [0.1, 0.15) is 0 Å². The quantitative estimate of drug-likeness (QED) is 0.219. The van der Waals surface area contributed by atoms with Crippen LogP contribution in [0, 0.1) is 25.2 Å². The van der Waals surface area contributed by atoms with Crippen molar-refractivity contribution in [2.24, 2.45) is 4.13 Å². The Bertz CT molecular complexity index is 71.3. The van der Waals surface area contributed by atoms with Crippen LogP contribution >= 0.6 is 0 Å². The summed E-state index contributed by atoms with van der Waals surface area (Å²) in [4.78, 5) is 0. The predicted molar refractivity (Wildman–Crippen MR) is 17.6 cm³/mol. The van der Waals surface area contributed by atoms with Gasteiger partial charge in [0.15, 0.2) is 0 Å². The van der Waals surface area contributed by atoms with E-state index in [-0.39, 0.29) is 0 Å². The molecule has 0 radical (unpaired) electrons. The van der Waals surface area contributed by atoms with Crippen molar-refractivity contribution in [2.75, 3.05) is 0 Å². The molecule has 0 aliphatic heterocycles. The van der Waals surface area contributed by atoms with E-state index in [4.69, 9.17) is 19.2 Å². The minimum absolute atomic E-state index is 2.00. The summed E-state index contributed by atoms with van der Waals surface area (Å²) in [7, 11) is 0. The molecular formula is C3FeNO4. The van der Waals surface area contributed by atoms with Gasteiger partial charge in [0, 0.05) is 0 Å². The summed E-state index contributed by atoms with van der Waals surface area (Å²) in [6.07, 6.45) is 0. The predicted octanol–water partition coefficient (Wildman–Crippen LogP) is 0.102. The average Bonchev–Trinajstić information content (AvgIpc) is 2.01. The molecule has 0 rings (SSSR count). The van der Waals surface area contributed by atoms with Crippen molar-refractivity contribution in [3.63, 3.8) is 0 Å². The molecule has 49 valence electrons. The maximum absolute atomic E-state index is 8.44. The molecule has 0 N–H and O–H groups in total.